The minimum absolute atomic E-state index is 0.0630. The van der Waals surface area contributed by atoms with Crippen LogP contribution in [0.1, 0.15) is 29.9 Å². The number of morpholine rings is 1. The molecule has 1 aliphatic rings. The first-order valence-corrected chi connectivity index (χ1v) is 11.9. The lowest BCUT2D eigenvalue weighted by molar-refractivity contribution is -0.118. The van der Waals surface area contributed by atoms with E-state index in [1.807, 2.05) is 12.1 Å². The molecule has 2 atom stereocenters. The van der Waals surface area contributed by atoms with Gasteiger partial charge in [0.1, 0.15) is 0 Å². The summed E-state index contributed by atoms with van der Waals surface area (Å²) < 4.78 is 6.59. The molecule has 0 spiro atoms. The first kappa shape index (κ1) is 21.7. The Morgan fingerprint density at radius 1 is 1.18 bits per heavy atom. The highest BCUT2D eigenvalue weighted by molar-refractivity contribution is 7.99. The number of thiophene rings is 1. The largest absolute Gasteiger partial charge is 0.373 e. The Labute approximate surface area is 180 Å². The van der Waals surface area contributed by atoms with E-state index in [1.54, 1.807) is 23.1 Å². The zero-order valence-corrected chi connectivity index (χ0v) is 18.7. The summed E-state index contributed by atoms with van der Waals surface area (Å²) in [6.07, 6.45) is 0.570. The van der Waals surface area contributed by atoms with Crippen LogP contribution in [0.5, 0.6) is 0 Å². The summed E-state index contributed by atoms with van der Waals surface area (Å²) in [6.45, 7) is 7.70. The Bertz CT molecular complexity index is 756. The minimum atomic E-state index is 0.0630. The molecule has 1 saturated heterocycles. The quantitative estimate of drug-likeness (QED) is 0.655. The fraction of sp³-hybridized carbons (Fsp3) is 0.476. The van der Waals surface area contributed by atoms with Gasteiger partial charge in [0.2, 0.25) is 5.91 Å². The fourth-order valence-electron chi connectivity index (χ4n) is 3.36. The molecule has 0 bridgehead atoms. The van der Waals surface area contributed by atoms with Crippen LogP contribution >= 0.6 is 34.7 Å². The highest BCUT2D eigenvalue weighted by Gasteiger charge is 2.21. The van der Waals surface area contributed by atoms with Crippen molar-refractivity contribution in [2.24, 2.45) is 0 Å². The number of rotatable bonds is 8. The molecule has 2 aromatic rings. The van der Waals surface area contributed by atoms with Crippen molar-refractivity contribution < 1.29 is 9.53 Å². The summed E-state index contributed by atoms with van der Waals surface area (Å²) in [6, 6.07) is 12.4. The number of benzene rings is 1. The molecule has 2 heterocycles. The zero-order valence-electron chi connectivity index (χ0n) is 16.3. The second-order valence-corrected chi connectivity index (χ2v) is 10.0. The molecule has 0 saturated carbocycles. The minimum Gasteiger partial charge on any atom is -0.373 e. The summed E-state index contributed by atoms with van der Waals surface area (Å²) in [5, 5.41) is 2.99. The average molecular weight is 439 g/mol. The second-order valence-electron chi connectivity index (χ2n) is 7.24. The smallest absolute Gasteiger partial charge is 0.230 e. The maximum absolute atomic E-state index is 12.0. The Kier molecular flexibility index (Phi) is 8.23. The summed E-state index contributed by atoms with van der Waals surface area (Å²) in [7, 11) is 0. The van der Waals surface area contributed by atoms with Gasteiger partial charge in [0.15, 0.2) is 0 Å². The van der Waals surface area contributed by atoms with Crippen LogP contribution in [0, 0.1) is 0 Å². The molecule has 7 heteroatoms. The van der Waals surface area contributed by atoms with Crippen molar-refractivity contribution in [3.8, 4) is 0 Å². The number of hydrogen-bond donors (Lipinski definition) is 1. The molecule has 2 unspecified atom stereocenters. The topological polar surface area (TPSA) is 41.6 Å². The molecule has 28 heavy (non-hydrogen) atoms. The van der Waals surface area contributed by atoms with Gasteiger partial charge in [-0.2, -0.15) is 0 Å². The molecule has 1 aromatic heterocycles. The van der Waals surface area contributed by atoms with Gasteiger partial charge in [-0.25, -0.2) is 0 Å². The number of carbonyl (C=O) groups excluding carboxylic acids is 1. The number of thioether (sulfide) groups is 1. The van der Waals surface area contributed by atoms with Crippen LogP contribution < -0.4 is 5.32 Å². The maximum atomic E-state index is 12.0. The normalized spacial score (nSPS) is 20.2. The monoisotopic (exact) mass is 438 g/mol. The van der Waals surface area contributed by atoms with Crippen molar-refractivity contribution >= 4 is 40.6 Å². The number of halogens is 1. The predicted molar refractivity (Wildman–Crippen MR) is 119 cm³/mol. The van der Waals surface area contributed by atoms with Gasteiger partial charge in [0.05, 0.1) is 22.3 Å². The van der Waals surface area contributed by atoms with E-state index in [0.717, 1.165) is 35.3 Å². The van der Waals surface area contributed by atoms with Gasteiger partial charge in [-0.1, -0.05) is 35.9 Å². The second kappa shape index (κ2) is 10.6. The Hall–Kier alpha value is -1.05. The molecular weight excluding hydrogens is 412 g/mol. The van der Waals surface area contributed by atoms with Crippen LogP contribution in [0.2, 0.25) is 4.34 Å². The SMILES string of the molecule is CC1CN(Cc2ccc(CNC(=O)CSCc3ccc(Cl)s3)cc2)CC(C)O1. The van der Waals surface area contributed by atoms with Crippen LogP contribution in [0.4, 0.5) is 0 Å². The molecule has 1 fully saturated rings. The lowest BCUT2D eigenvalue weighted by Gasteiger charge is -2.35. The molecule has 1 N–H and O–H groups in total. The number of amides is 1. The van der Waals surface area contributed by atoms with E-state index in [-0.39, 0.29) is 18.1 Å². The van der Waals surface area contributed by atoms with E-state index in [0.29, 0.717) is 12.3 Å². The zero-order chi connectivity index (χ0) is 19.9. The number of ether oxygens (including phenoxy) is 1. The highest BCUT2D eigenvalue weighted by Crippen LogP contribution is 2.25. The van der Waals surface area contributed by atoms with Crippen molar-refractivity contribution in [3.63, 3.8) is 0 Å². The van der Waals surface area contributed by atoms with Crippen molar-refractivity contribution in [1.82, 2.24) is 10.2 Å². The molecule has 0 radical (unpaired) electrons. The first-order chi connectivity index (χ1) is 13.5. The summed E-state index contributed by atoms with van der Waals surface area (Å²) in [5.74, 6) is 1.34. The molecule has 1 aromatic carbocycles. The third kappa shape index (κ3) is 7.08. The third-order valence-electron chi connectivity index (χ3n) is 4.52. The molecule has 0 aliphatic carbocycles. The van der Waals surface area contributed by atoms with Crippen LogP contribution in [0.3, 0.4) is 0 Å². The van der Waals surface area contributed by atoms with Gasteiger partial charge < -0.3 is 10.1 Å². The molecular formula is C21H27ClN2O2S2. The molecule has 1 aliphatic heterocycles. The van der Waals surface area contributed by atoms with Crippen molar-refractivity contribution in [2.45, 2.75) is 44.9 Å². The van der Waals surface area contributed by atoms with E-state index in [2.05, 4.69) is 48.3 Å². The van der Waals surface area contributed by atoms with Crippen molar-refractivity contribution in [2.75, 3.05) is 18.8 Å². The van der Waals surface area contributed by atoms with E-state index in [9.17, 15) is 4.79 Å². The molecule has 4 nitrogen and oxygen atoms in total. The number of nitrogens with zero attached hydrogens (tertiary/aromatic N) is 1. The standard InChI is InChI=1S/C21H27ClN2O2S2/c1-15-10-24(11-16(2)26-15)12-18-5-3-17(4-6-18)9-23-21(25)14-27-13-19-7-8-20(22)28-19/h3-8,15-16H,9-14H2,1-2H3,(H,23,25). The highest BCUT2D eigenvalue weighted by atomic mass is 35.5. The average Bonchev–Trinajstić information content (AvgIpc) is 3.05. The molecule has 1 amide bonds. The van der Waals surface area contributed by atoms with E-state index in [1.165, 1.54) is 10.4 Å². The molecule has 3 rings (SSSR count). The van der Waals surface area contributed by atoms with Gasteiger partial charge in [-0.15, -0.1) is 23.1 Å². The number of carbonyl (C=O) groups is 1. The predicted octanol–water partition coefficient (Wildman–Crippen LogP) is 4.56. The van der Waals surface area contributed by atoms with Crippen LogP contribution in [0.15, 0.2) is 36.4 Å². The van der Waals surface area contributed by atoms with Crippen LogP contribution in [0.25, 0.3) is 0 Å². The Morgan fingerprint density at radius 3 is 2.50 bits per heavy atom. The van der Waals surface area contributed by atoms with E-state index in [4.69, 9.17) is 16.3 Å². The molecule has 152 valence electrons. The number of hydrogen-bond acceptors (Lipinski definition) is 5. The van der Waals surface area contributed by atoms with Crippen LogP contribution in [-0.4, -0.2) is 41.9 Å². The van der Waals surface area contributed by atoms with Gasteiger partial charge >= 0.3 is 0 Å². The van der Waals surface area contributed by atoms with Gasteiger partial charge in [0.25, 0.3) is 0 Å². The Balaban J connectivity index is 1.37. The Morgan fingerprint density at radius 2 is 1.86 bits per heavy atom. The van der Waals surface area contributed by atoms with Crippen molar-refractivity contribution in [3.05, 3.63) is 56.7 Å². The van der Waals surface area contributed by atoms with E-state index < -0.39 is 0 Å². The first-order valence-electron chi connectivity index (χ1n) is 9.52. The summed E-state index contributed by atoms with van der Waals surface area (Å²) in [5.41, 5.74) is 2.41. The van der Waals surface area contributed by atoms with Crippen LogP contribution in [-0.2, 0) is 28.4 Å². The third-order valence-corrected chi connectivity index (χ3v) is 6.92. The lowest BCUT2D eigenvalue weighted by Crippen LogP contribution is -2.44. The lowest BCUT2D eigenvalue weighted by atomic mass is 10.1. The fourth-order valence-corrected chi connectivity index (χ4v) is 5.42. The maximum Gasteiger partial charge on any atom is 0.230 e. The van der Waals surface area contributed by atoms with Gasteiger partial charge in [-0.3, -0.25) is 9.69 Å². The summed E-state index contributed by atoms with van der Waals surface area (Å²) >= 11 is 9.09. The van der Waals surface area contributed by atoms with Crippen molar-refractivity contribution in [1.29, 1.82) is 0 Å². The van der Waals surface area contributed by atoms with E-state index >= 15 is 0 Å². The number of nitrogens with one attached hydrogen (secondary N) is 1. The van der Waals surface area contributed by atoms with Gasteiger partial charge in [0, 0.05) is 36.8 Å². The summed E-state index contributed by atoms with van der Waals surface area (Å²) in [4.78, 5) is 15.7. The van der Waals surface area contributed by atoms with Gasteiger partial charge in [-0.05, 0) is 37.1 Å².